The van der Waals surface area contributed by atoms with Crippen LogP contribution < -0.4 is 0 Å². The third-order valence-electron chi connectivity index (χ3n) is 3.97. The average molecular weight is 377 g/mol. The topological polar surface area (TPSA) is 69.4 Å². The van der Waals surface area contributed by atoms with Crippen LogP contribution >= 0.6 is 0 Å². The molecule has 0 atom stereocenters. The Balaban J connectivity index is 0.000000242. The first kappa shape index (κ1) is 19.6. The number of hydrogen-bond donors (Lipinski definition) is 0. The molecule has 0 radical (unpaired) electrons. The van der Waals surface area contributed by atoms with Gasteiger partial charge in [0.15, 0.2) is 28.9 Å². The molecule has 0 amide bonds. The van der Waals surface area contributed by atoms with E-state index in [0.29, 0.717) is 0 Å². The fourth-order valence-corrected chi connectivity index (χ4v) is 2.76. The van der Waals surface area contributed by atoms with Crippen LogP contribution in [0.5, 0.6) is 0 Å². The Morgan fingerprint density at radius 1 is 1.16 bits per heavy atom. The van der Waals surface area contributed by atoms with Gasteiger partial charge in [-0.05, 0) is 24.1 Å². The summed E-state index contributed by atoms with van der Waals surface area (Å²) in [5.74, 6) is 0. The maximum atomic E-state index is 10.7. The summed E-state index contributed by atoms with van der Waals surface area (Å²) in [5.41, 5.74) is 0.130. The zero-order valence-corrected chi connectivity index (χ0v) is 14.4. The number of morpholine rings is 1. The van der Waals surface area contributed by atoms with Gasteiger partial charge in [0.1, 0.15) is 13.2 Å². The molecule has 1 aromatic carbocycles. The predicted octanol–water partition coefficient (Wildman–Crippen LogP) is 2.38. The molecule has 2 aliphatic rings. The molecule has 0 bridgehead atoms. The van der Waals surface area contributed by atoms with E-state index in [0.717, 1.165) is 32.7 Å². The van der Waals surface area contributed by atoms with Crippen molar-refractivity contribution in [2.45, 2.75) is 18.9 Å². The molecule has 1 saturated heterocycles. The Morgan fingerprint density at radius 3 is 2.16 bits per heavy atom. The lowest BCUT2D eigenvalue weighted by atomic mass is 10.1. The van der Waals surface area contributed by atoms with Crippen molar-refractivity contribution in [3.8, 4) is 0 Å². The maximum Gasteiger partial charge on any atom is 0.485 e. The van der Waals surface area contributed by atoms with Gasteiger partial charge in [-0.2, -0.15) is 13.2 Å². The van der Waals surface area contributed by atoms with Gasteiger partial charge < -0.3 is 9.29 Å². The van der Waals surface area contributed by atoms with Gasteiger partial charge in [0.05, 0.1) is 6.42 Å². The molecule has 1 fully saturated rings. The summed E-state index contributed by atoms with van der Waals surface area (Å²) in [4.78, 5) is 0. The number of halogens is 3. The zero-order valence-electron chi connectivity index (χ0n) is 13.5. The molecule has 9 heteroatoms. The van der Waals surface area contributed by atoms with E-state index >= 15 is 0 Å². The van der Waals surface area contributed by atoms with Gasteiger partial charge in [0, 0.05) is 5.56 Å². The normalized spacial score (nSPS) is 19.5. The van der Waals surface area contributed by atoms with Gasteiger partial charge in [-0.1, -0.05) is 24.3 Å². The minimum absolute atomic E-state index is 0.858. The Hall–Kier alpha value is -1.71. The molecule has 0 N–H and O–H groups in total. The molecule has 5 nitrogen and oxygen atoms in total. The van der Waals surface area contributed by atoms with Gasteiger partial charge in [-0.15, -0.1) is 0 Å². The van der Waals surface area contributed by atoms with E-state index in [-0.39, 0.29) is 0 Å². The van der Waals surface area contributed by atoms with E-state index in [9.17, 15) is 13.2 Å². The largest absolute Gasteiger partial charge is 0.741 e. The first-order chi connectivity index (χ1) is 11.6. The molecule has 25 heavy (non-hydrogen) atoms. The fourth-order valence-electron chi connectivity index (χ4n) is 2.76. The molecular formula is C16H18F3NO4S. The number of allylic oxidation sites excluding steroid dienone is 2. The lowest BCUT2D eigenvalue weighted by Crippen LogP contribution is -2.33. The quantitative estimate of drug-likeness (QED) is 0.395. The highest BCUT2D eigenvalue weighted by Gasteiger charge is 2.37. The summed E-state index contributed by atoms with van der Waals surface area (Å²) in [6.45, 7) is 5.91. The van der Waals surface area contributed by atoms with E-state index in [1.165, 1.54) is 22.4 Å². The number of alkyl halides is 3. The summed E-state index contributed by atoms with van der Waals surface area (Å²) in [5, 5.41) is 0. The Bertz CT molecular complexity index is 790. The van der Waals surface area contributed by atoms with Crippen molar-refractivity contribution < 1.29 is 35.5 Å². The van der Waals surface area contributed by atoms with Crippen molar-refractivity contribution in [3.63, 3.8) is 0 Å². The number of hydrogen-bond acceptors (Lipinski definition) is 4. The lowest BCUT2D eigenvalue weighted by molar-refractivity contribution is -0.549. The van der Waals surface area contributed by atoms with Crippen LogP contribution in [-0.2, 0) is 14.9 Å². The van der Waals surface area contributed by atoms with Crippen molar-refractivity contribution >= 4 is 21.4 Å². The number of ether oxygens (including phenoxy) is 1. The molecule has 1 aliphatic carbocycles. The summed E-state index contributed by atoms with van der Waals surface area (Å²) in [7, 11) is -6.09. The predicted molar refractivity (Wildman–Crippen MR) is 85.4 cm³/mol. The molecule has 0 spiro atoms. The molecule has 0 aromatic heterocycles. The van der Waals surface area contributed by atoms with Crippen LogP contribution in [0.1, 0.15) is 24.5 Å². The van der Waals surface area contributed by atoms with Crippen molar-refractivity contribution in [2.24, 2.45) is 0 Å². The highest BCUT2D eigenvalue weighted by molar-refractivity contribution is 7.86. The van der Waals surface area contributed by atoms with E-state index in [2.05, 4.69) is 41.8 Å². The summed E-state index contributed by atoms with van der Waals surface area (Å²) < 4.78 is 66.8. The summed E-state index contributed by atoms with van der Waals surface area (Å²) in [6, 6.07) is 8.75. The second kappa shape index (κ2) is 7.67. The monoisotopic (exact) mass is 377 g/mol. The number of nitrogens with zero attached hydrogens (tertiary/aromatic N) is 1. The number of benzene rings is 1. The molecule has 0 unspecified atom stereocenters. The standard InChI is InChI=1S/C15H18NO.CHF3O3S/c1-2-12-11-15(16-7-9-17-10-8-16)14-6-4-3-5-13(12)14;2-1(3,4)8(5,6)7/h2-6H,7-11H2,1H3;(H,5,6,7)/q+1;/p-1/b12-2+;. The van der Waals surface area contributed by atoms with Crippen LogP contribution in [0.25, 0.3) is 5.57 Å². The van der Waals surface area contributed by atoms with Crippen LogP contribution in [0.2, 0.25) is 0 Å². The second-order valence-corrected chi connectivity index (χ2v) is 6.85. The molecule has 1 heterocycles. The van der Waals surface area contributed by atoms with Gasteiger partial charge in [0.2, 0.25) is 0 Å². The first-order valence-corrected chi connectivity index (χ1v) is 9.01. The molecule has 3 rings (SSSR count). The van der Waals surface area contributed by atoms with E-state index < -0.39 is 15.6 Å². The van der Waals surface area contributed by atoms with Gasteiger partial charge in [-0.25, -0.2) is 13.0 Å². The van der Waals surface area contributed by atoms with Gasteiger partial charge >= 0.3 is 5.51 Å². The van der Waals surface area contributed by atoms with E-state index in [1.54, 1.807) is 0 Å². The average Bonchev–Trinajstić information content (AvgIpc) is 2.93. The van der Waals surface area contributed by atoms with Crippen LogP contribution in [-0.4, -0.2) is 55.1 Å². The Kier molecular flexibility index (Phi) is 6.02. The highest BCUT2D eigenvalue weighted by Crippen LogP contribution is 2.32. The van der Waals surface area contributed by atoms with E-state index in [4.69, 9.17) is 17.7 Å². The molecular weight excluding hydrogens is 359 g/mol. The molecule has 1 aliphatic heterocycles. The first-order valence-electron chi connectivity index (χ1n) is 7.60. The summed E-state index contributed by atoms with van der Waals surface area (Å²) in [6.07, 6.45) is 3.32. The van der Waals surface area contributed by atoms with Crippen molar-refractivity contribution in [1.82, 2.24) is 0 Å². The van der Waals surface area contributed by atoms with E-state index in [1.807, 2.05) is 0 Å². The zero-order chi connectivity index (χ0) is 18.7. The van der Waals surface area contributed by atoms with Gasteiger partial charge in [-0.3, -0.25) is 0 Å². The van der Waals surface area contributed by atoms with Crippen LogP contribution in [0.4, 0.5) is 13.2 Å². The number of fused-ring (bicyclic) bond motifs is 1. The van der Waals surface area contributed by atoms with Crippen molar-refractivity contribution in [1.29, 1.82) is 0 Å². The second-order valence-electron chi connectivity index (χ2n) is 5.48. The smallest absolute Gasteiger partial charge is 0.485 e. The number of rotatable bonds is 0. The van der Waals surface area contributed by atoms with Crippen molar-refractivity contribution in [2.75, 3.05) is 26.3 Å². The third-order valence-corrected chi connectivity index (χ3v) is 4.53. The highest BCUT2D eigenvalue weighted by atomic mass is 32.2. The van der Waals surface area contributed by atoms with Crippen LogP contribution in [0, 0.1) is 0 Å². The molecule has 1 aromatic rings. The molecule has 138 valence electrons. The fraction of sp³-hybridized carbons (Fsp3) is 0.438. The SMILES string of the molecule is C/C=C1\CC(=[N+]2CCOCC2)c2ccccc21.O=S(=O)([O-])C(F)(F)F. The molecule has 0 saturated carbocycles. The van der Waals surface area contributed by atoms with Crippen molar-refractivity contribution in [3.05, 3.63) is 41.5 Å². The lowest BCUT2D eigenvalue weighted by Gasteiger charge is -2.13. The van der Waals surface area contributed by atoms with Crippen LogP contribution in [0.15, 0.2) is 30.3 Å². The Labute approximate surface area is 144 Å². The minimum Gasteiger partial charge on any atom is -0.741 e. The third kappa shape index (κ3) is 4.68. The Morgan fingerprint density at radius 2 is 1.68 bits per heavy atom. The minimum atomic E-state index is -6.09. The summed E-state index contributed by atoms with van der Waals surface area (Å²) >= 11 is 0. The van der Waals surface area contributed by atoms with Gasteiger partial charge in [0.25, 0.3) is 0 Å². The maximum absolute atomic E-state index is 10.7. The van der Waals surface area contributed by atoms with Crippen LogP contribution in [0.3, 0.4) is 0 Å².